The van der Waals surface area contributed by atoms with Crippen molar-refractivity contribution in [2.24, 2.45) is 11.8 Å². The van der Waals surface area contributed by atoms with Gasteiger partial charge in [0.15, 0.2) is 0 Å². The molecule has 1 aliphatic heterocycles. The number of carbonyl (C=O) groups is 1. The second kappa shape index (κ2) is 6.80. The molecule has 1 aromatic carbocycles. The summed E-state index contributed by atoms with van der Waals surface area (Å²) in [4.78, 5) is 14.5. The summed E-state index contributed by atoms with van der Waals surface area (Å²) in [5.41, 5.74) is 0.817. The van der Waals surface area contributed by atoms with Crippen molar-refractivity contribution >= 4 is 23.2 Å². The van der Waals surface area contributed by atoms with Gasteiger partial charge in [0, 0.05) is 17.3 Å². The number of benzene rings is 1. The maximum atomic E-state index is 12.1. The fourth-order valence-corrected chi connectivity index (χ4v) is 3.88. The zero-order chi connectivity index (χ0) is 14.7. The number of nitrogens with zero attached hydrogens (tertiary/aromatic N) is 1. The Labute approximate surface area is 131 Å². The van der Waals surface area contributed by atoms with Gasteiger partial charge in [-0.15, -0.1) is 0 Å². The topological polar surface area (TPSA) is 32.3 Å². The van der Waals surface area contributed by atoms with Crippen LogP contribution in [0.5, 0.6) is 0 Å². The standard InChI is InChI=1S/C17H23ClN2O/c18-15-5-7-16(8-6-15)19-17(21)12-20-10-9-13-3-1-2-4-14(13)11-20/h5-8,13-14H,1-4,9-12H2,(H,19,21)/t13-,14+/m1/s1. The lowest BCUT2D eigenvalue weighted by molar-refractivity contribution is -0.118. The molecule has 3 rings (SSSR count). The maximum absolute atomic E-state index is 12.1. The molecule has 0 radical (unpaired) electrons. The summed E-state index contributed by atoms with van der Waals surface area (Å²) in [7, 11) is 0. The third-order valence-electron chi connectivity index (χ3n) is 4.87. The van der Waals surface area contributed by atoms with Crippen molar-refractivity contribution in [3.8, 4) is 0 Å². The van der Waals surface area contributed by atoms with Crippen LogP contribution in [0.4, 0.5) is 5.69 Å². The molecule has 1 amide bonds. The van der Waals surface area contributed by atoms with Crippen LogP contribution in [0, 0.1) is 11.8 Å². The highest BCUT2D eigenvalue weighted by Gasteiger charge is 2.31. The minimum absolute atomic E-state index is 0.0755. The monoisotopic (exact) mass is 306 g/mol. The molecule has 0 bridgehead atoms. The molecule has 3 nitrogen and oxygen atoms in total. The Bertz CT molecular complexity index is 488. The van der Waals surface area contributed by atoms with Gasteiger partial charge in [-0.25, -0.2) is 0 Å². The van der Waals surface area contributed by atoms with Gasteiger partial charge in [-0.05, 0) is 55.5 Å². The summed E-state index contributed by atoms with van der Waals surface area (Å²) in [6.07, 6.45) is 6.78. The molecule has 114 valence electrons. The van der Waals surface area contributed by atoms with Crippen molar-refractivity contribution in [2.75, 3.05) is 25.0 Å². The predicted molar refractivity (Wildman–Crippen MR) is 86.6 cm³/mol. The van der Waals surface area contributed by atoms with Crippen molar-refractivity contribution in [1.29, 1.82) is 0 Å². The molecule has 2 fully saturated rings. The minimum Gasteiger partial charge on any atom is -0.325 e. The molecular weight excluding hydrogens is 284 g/mol. The number of likely N-dealkylation sites (tertiary alicyclic amines) is 1. The fraction of sp³-hybridized carbons (Fsp3) is 0.588. The van der Waals surface area contributed by atoms with E-state index in [0.29, 0.717) is 11.6 Å². The molecule has 2 aliphatic rings. The zero-order valence-electron chi connectivity index (χ0n) is 12.4. The Hall–Kier alpha value is -1.06. The summed E-state index contributed by atoms with van der Waals surface area (Å²) in [6, 6.07) is 7.27. The summed E-state index contributed by atoms with van der Waals surface area (Å²) in [5.74, 6) is 1.80. The number of anilines is 1. The van der Waals surface area contributed by atoms with Gasteiger partial charge in [-0.1, -0.05) is 30.9 Å². The lowest BCUT2D eigenvalue weighted by Gasteiger charge is -2.41. The maximum Gasteiger partial charge on any atom is 0.238 e. The van der Waals surface area contributed by atoms with Crippen molar-refractivity contribution in [3.05, 3.63) is 29.3 Å². The van der Waals surface area contributed by atoms with Gasteiger partial charge >= 0.3 is 0 Å². The van der Waals surface area contributed by atoms with Crippen LogP contribution in [-0.2, 0) is 4.79 Å². The van der Waals surface area contributed by atoms with E-state index in [9.17, 15) is 4.79 Å². The molecule has 0 unspecified atom stereocenters. The Morgan fingerprint density at radius 3 is 2.62 bits per heavy atom. The number of fused-ring (bicyclic) bond motifs is 1. The lowest BCUT2D eigenvalue weighted by Crippen LogP contribution is -2.44. The second-order valence-electron chi connectivity index (χ2n) is 6.38. The van der Waals surface area contributed by atoms with Crippen molar-refractivity contribution in [2.45, 2.75) is 32.1 Å². The van der Waals surface area contributed by atoms with Crippen LogP contribution in [0.15, 0.2) is 24.3 Å². The van der Waals surface area contributed by atoms with Gasteiger partial charge in [-0.3, -0.25) is 9.69 Å². The molecule has 1 aliphatic carbocycles. The van der Waals surface area contributed by atoms with Gasteiger partial charge in [-0.2, -0.15) is 0 Å². The number of hydrogen-bond donors (Lipinski definition) is 1. The molecule has 2 atom stereocenters. The quantitative estimate of drug-likeness (QED) is 0.921. The number of carbonyl (C=O) groups excluding carboxylic acids is 1. The molecule has 21 heavy (non-hydrogen) atoms. The van der Waals surface area contributed by atoms with Crippen LogP contribution < -0.4 is 5.32 Å². The number of piperidine rings is 1. The third kappa shape index (κ3) is 3.98. The third-order valence-corrected chi connectivity index (χ3v) is 5.12. The number of hydrogen-bond acceptors (Lipinski definition) is 2. The first kappa shape index (κ1) is 14.9. The Morgan fingerprint density at radius 2 is 1.86 bits per heavy atom. The Balaban J connectivity index is 1.49. The summed E-state index contributed by atoms with van der Waals surface area (Å²) in [6.45, 7) is 2.67. The Morgan fingerprint density at radius 1 is 1.14 bits per heavy atom. The lowest BCUT2D eigenvalue weighted by atomic mass is 9.75. The SMILES string of the molecule is O=C(CN1CC[C@H]2CCCC[C@H]2C1)Nc1ccc(Cl)cc1. The zero-order valence-corrected chi connectivity index (χ0v) is 13.1. The molecule has 0 aromatic heterocycles. The molecule has 4 heteroatoms. The van der Waals surface area contributed by atoms with E-state index >= 15 is 0 Å². The van der Waals surface area contributed by atoms with Crippen molar-refractivity contribution in [1.82, 2.24) is 4.90 Å². The van der Waals surface area contributed by atoms with E-state index in [-0.39, 0.29) is 5.91 Å². The highest BCUT2D eigenvalue weighted by atomic mass is 35.5. The van der Waals surface area contributed by atoms with Gasteiger partial charge in [0.05, 0.1) is 6.54 Å². The molecule has 1 heterocycles. The highest BCUT2D eigenvalue weighted by molar-refractivity contribution is 6.30. The summed E-state index contributed by atoms with van der Waals surface area (Å²) < 4.78 is 0. The molecule has 1 saturated carbocycles. The van der Waals surface area contributed by atoms with E-state index in [2.05, 4.69) is 10.2 Å². The largest absolute Gasteiger partial charge is 0.325 e. The van der Waals surface area contributed by atoms with Crippen molar-refractivity contribution in [3.63, 3.8) is 0 Å². The number of halogens is 1. The number of amides is 1. The molecule has 1 N–H and O–H groups in total. The fourth-order valence-electron chi connectivity index (χ4n) is 3.76. The second-order valence-corrected chi connectivity index (χ2v) is 6.82. The van der Waals surface area contributed by atoms with E-state index in [4.69, 9.17) is 11.6 Å². The summed E-state index contributed by atoms with van der Waals surface area (Å²) >= 11 is 5.85. The van der Waals surface area contributed by atoms with E-state index in [1.165, 1.54) is 32.1 Å². The van der Waals surface area contributed by atoms with Crippen LogP contribution >= 0.6 is 11.6 Å². The highest BCUT2D eigenvalue weighted by Crippen LogP contribution is 2.35. The average Bonchev–Trinajstić information content (AvgIpc) is 2.49. The molecule has 1 aromatic rings. The van der Waals surface area contributed by atoms with E-state index in [1.54, 1.807) is 12.1 Å². The summed E-state index contributed by atoms with van der Waals surface area (Å²) in [5, 5.41) is 3.64. The van der Waals surface area contributed by atoms with Crippen LogP contribution in [0.25, 0.3) is 0 Å². The molecule has 1 saturated heterocycles. The minimum atomic E-state index is 0.0755. The first-order chi connectivity index (χ1) is 10.2. The average molecular weight is 307 g/mol. The smallest absolute Gasteiger partial charge is 0.238 e. The van der Waals surface area contributed by atoms with Crippen LogP contribution in [0.1, 0.15) is 32.1 Å². The predicted octanol–water partition coefficient (Wildman–Crippen LogP) is 3.79. The first-order valence-corrected chi connectivity index (χ1v) is 8.36. The van der Waals surface area contributed by atoms with Crippen LogP contribution in [0.2, 0.25) is 5.02 Å². The number of nitrogens with one attached hydrogen (secondary N) is 1. The first-order valence-electron chi connectivity index (χ1n) is 7.98. The normalized spacial score (nSPS) is 26.1. The van der Waals surface area contributed by atoms with E-state index in [0.717, 1.165) is 30.6 Å². The Kier molecular flexibility index (Phi) is 4.81. The number of rotatable bonds is 3. The van der Waals surface area contributed by atoms with Gasteiger partial charge in [0.2, 0.25) is 5.91 Å². The van der Waals surface area contributed by atoms with Crippen LogP contribution in [-0.4, -0.2) is 30.4 Å². The van der Waals surface area contributed by atoms with Gasteiger partial charge in [0.25, 0.3) is 0 Å². The van der Waals surface area contributed by atoms with Crippen molar-refractivity contribution < 1.29 is 4.79 Å². The molecule has 0 spiro atoms. The van der Waals surface area contributed by atoms with Gasteiger partial charge < -0.3 is 5.32 Å². The van der Waals surface area contributed by atoms with Gasteiger partial charge in [0.1, 0.15) is 0 Å². The van der Waals surface area contributed by atoms with Crippen LogP contribution in [0.3, 0.4) is 0 Å². The molecular formula is C17H23ClN2O. The van der Waals surface area contributed by atoms with E-state index < -0.39 is 0 Å². The van der Waals surface area contributed by atoms with E-state index in [1.807, 2.05) is 12.1 Å².